The van der Waals surface area contributed by atoms with Crippen LogP contribution in [0.5, 0.6) is 5.75 Å². The van der Waals surface area contributed by atoms with Crippen molar-refractivity contribution in [3.8, 4) is 5.75 Å². The summed E-state index contributed by atoms with van der Waals surface area (Å²) in [7, 11) is -4.12. The topological polar surface area (TPSA) is 104 Å². The van der Waals surface area contributed by atoms with Gasteiger partial charge >= 0.3 is 5.97 Å². The molecule has 0 fully saturated rings. The lowest BCUT2D eigenvalue weighted by Crippen LogP contribution is -2.14. The normalized spacial score (nSPS) is 11.2. The van der Waals surface area contributed by atoms with Crippen molar-refractivity contribution in [3.63, 3.8) is 0 Å². The van der Waals surface area contributed by atoms with E-state index in [1.54, 1.807) is 0 Å². The van der Waals surface area contributed by atoms with Gasteiger partial charge in [0.15, 0.2) is 0 Å². The molecule has 0 aliphatic heterocycles. The Labute approximate surface area is 136 Å². The second-order valence-electron chi connectivity index (χ2n) is 4.22. The summed E-state index contributed by atoms with van der Waals surface area (Å²) in [6.07, 6.45) is 0. The molecule has 6 nitrogen and oxygen atoms in total. The van der Waals surface area contributed by atoms with Gasteiger partial charge < -0.3 is 10.2 Å². The monoisotopic (exact) mass is 361 g/mol. The second-order valence-corrected chi connectivity index (χ2v) is 6.69. The van der Waals surface area contributed by atoms with Crippen LogP contribution < -0.4 is 4.72 Å². The van der Waals surface area contributed by atoms with Crippen LogP contribution in [-0.2, 0) is 10.0 Å². The van der Waals surface area contributed by atoms with Crippen molar-refractivity contribution in [2.45, 2.75) is 4.90 Å². The zero-order valence-electron chi connectivity index (χ0n) is 10.7. The maximum Gasteiger partial charge on any atom is 0.337 e. The largest absolute Gasteiger partial charge is 0.508 e. The van der Waals surface area contributed by atoms with Crippen molar-refractivity contribution in [1.29, 1.82) is 0 Å². The summed E-state index contributed by atoms with van der Waals surface area (Å²) in [5.41, 5.74) is -0.196. The van der Waals surface area contributed by atoms with E-state index >= 15 is 0 Å². The number of carboxylic acid groups (broad SMARTS) is 1. The molecule has 0 atom stereocenters. The lowest BCUT2D eigenvalue weighted by molar-refractivity contribution is 0.0697. The van der Waals surface area contributed by atoms with Gasteiger partial charge in [-0.3, -0.25) is 4.72 Å². The fraction of sp³-hybridized carbons (Fsp3) is 0. The molecule has 0 radical (unpaired) electrons. The number of benzene rings is 2. The molecule has 22 heavy (non-hydrogen) atoms. The molecule has 2 aromatic carbocycles. The molecule has 0 amide bonds. The minimum absolute atomic E-state index is 0.0272. The number of aromatic hydroxyl groups is 1. The number of phenols is 1. The van der Waals surface area contributed by atoms with E-state index in [0.717, 1.165) is 12.1 Å². The number of carboxylic acids is 1. The smallest absolute Gasteiger partial charge is 0.337 e. The number of anilines is 1. The van der Waals surface area contributed by atoms with E-state index in [0.29, 0.717) is 0 Å². The molecule has 2 rings (SSSR count). The molecule has 0 aliphatic rings. The Morgan fingerprint density at radius 2 is 1.64 bits per heavy atom. The molecule has 0 aliphatic carbocycles. The SMILES string of the molecule is O=C(O)c1cc(S(=O)(=O)Nc2ccc(O)cc2)c(Cl)cc1Cl. The van der Waals surface area contributed by atoms with Gasteiger partial charge in [0.1, 0.15) is 10.6 Å². The van der Waals surface area contributed by atoms with Crippen LogP contribution in [0.15, 0.2) is 41.3 Å². The Morgan fingerprint density at radius 1 is 1.05 bits per heavy atom. The number of nitrogens with one attached hydrogen (secondary N) is 1. The summed E-state index contributed by atoms with van der Waals surface area (Å²) in [6, 6.07) is 7.21. The van der Waals surface area contributed by atoms with Gasteiger partial charge in [0.05, 0.1) is 15.6 Å². The molecule has 0 saturated heterocycles. The Bertz CT molecular complexity index is 834. The van der Waals surface area contributed by atoms with Gasteiger partial charge in [-0.2, -0.15) is 0 Å². The Kier molecular flexibility index (Phi) is 4.50. The first-order chi connectivity index (χ1) is 10.2. The Morgan fingerprint density at radius 3 is 2.18 bits per heavy atom. The summed E-state index contributed by atoms with van der Waals surface area (Å²) in [5, 5.41) is 17.8. The summed E-state index contributed by atoms with van der Waals surface area (Å²) in [5.74, 6) is -1.40. The lowest BCUT2D eigenvalue weighted by atomic mass is 10.2. The highest BCUT2D eigenvalue weighted by atomic mass is 35.5. The number of hydrogen-bond acceptors (Lipinski definition) is 4. The van der Waals surface area contributed by atoms with E-state index in [2.05, 4.69) is 4.72 Å². The van der Waals surface area contributed by atoms with E-state index in [9.17, 15) is 13.2 Å². The van der Waals surface area contributed by atoms with Crippen molar-refractivity contribution in [2.24, 2.45) is 0 Å². The van der Waals surface area contributed by atoms with Gasteiger partial charge in [-0.25, -0.2) is 13.2 Å². The van der Waals surface area contributed by atoms with Gasteiger partial charge in [0, 0.05) is 5.69 Å². The molecule has 0 bridgehead atoms. The number of halogens is 2. The molecule has 0 heterocycles. The molecule has 116 valence electrons. The molecular formula is C13H9Cl2NO5S. The van der Waals surface area contributed by atoms with Crippen LogP contribution in [-0.4, -0.2) is 24.6 Å². The number of sulfonamides is 1. The Hall–Kier alpha value is -1.96. The van der Waals surface area contributed by atoms with Crippen LogP contribution in [0.2, 0.25) is 10.0 Å². The fourth-order valence-electron chi connectivity index (χ4n) is 1.64. The molecule has 3 N–H and O–H groups in total. The molecule has 0 aromatic heterocycles. The predicted octanol–water partition coefficient (Wildman–Crippen LogP) is 3.20. The van der Waals surface area contributed by atoms with E-state index < -0.39 is 20.9 Å². The van der Waals surface area contributed by atoms with Crippen LogP contribution in [0.4, 0.5) is 5.69 Å². The van der Waals surface area contributed by atoms with Crippen molar-refractivity contribution < 1.29 is 23.4 Å². The third-order valence-electron chi connectivity index (χ3n) is 2.66. The maximum atomic E-state index is 12.3. The highest BCUT2D eigenvalue weighted by Gasteiger charge is 2.22. The van der Waals surface area contributed by atoms with E-state index in [-0.39, 0.29) is 27.0 Å². The number of hydrogen-bond donors (Lipinski definition) is 3. The minimum Gasteiger partial charge on any atom is -0.508 e. The number of aromatic carboxylic acids is 1. The average Bonchev–Trinajstić information content (AvgIpc) is 2.40. The van der Waals surface area contributed by atoms with Crippen molar-refractivity contribution in [1.82, 2.24) is 0 Å². The van der Waals surface area contributed by atoms with Crippen molar-refractivity contribution in [3.05, 3.63) is 52.0 Å². The number of rotatable bonds is 4. The van der Waals surface area contributed by atoms with E-state index in [1.807, 2.05) is 0 Å². The third kappa shape index (κ3) is 3.44. The predicted molar refractivity (Wildman–Crippen MR) is 82.3 cm³/mol. The molecule has 9 heteroatoms. The molecule has 0 spiro atoms. The summed E-state index contributed by atoms with van der Waals surface area (Å²) >= 11 is 11.6. The first-order valence-corrected chi connectivity index (χ1v) is 7.99. The van der Waals surface area contributed by atoms with Crippen LogP contribution in [0.25, 0.3) is 0 Å². The van der Waals surface area contributed by atoms with Crippen LogP contribution >= 0.6 is 23.2 Å². The maximum absolute atomic E-state index is 12.3. The molecular weight excluding hydrogens is 353 g/mol. The first kappa shape index (κ1) is 16.4. The van der Waals surface area contributed by atoms with Crippen LogP contribution in [0, 0.1) is 0 Å². The van der Waals surface area contributed by atoms with Crippen molar-refractivity contribution in [2.75, 3.05) is 4.72 Å². The van der Waals surface area contributed by atoms with Crippen LogP contribution in [0.1, 0.15) is 10.4 Å². The quantitative estimate of drug-likeness (QED) is 0.725. The first-order valence-electron chi connectivity index (χ1n) is 5.75. The highest BCUT2D eigenvalue weighted by Crippen LogP contribution is 2.30. The van der Waals surface area contributed by atoms with Crippen molar-refractivity contribution >= 4 is 44.9 Å². The average molecular weight is 362 g/mol. The van der Waals surface area contributed by atoms with E-state index in [1.165, 1.54) is 24.3 Å². The standard InChI is InChI=1S/C13H9Cl2NO5S/c14-10-6-11(15)12(5-9(10)13(18)19)22(20,21)16-7-1-3-8(17)4-2-7/h1-6,16-17H,(H,18,19). The fourth-order valence-corrected chi connectivity index (χ4v) is 3.55. The highest BCUT2D eigenvalue weighted by molar-refractivity contribution is 7.92. The van der Waals surface area contributed by atoms with E-state index in [4.69, 9.17) is 33.4 Å². The molecule has 0 saturated carbocycles. The van der Waals surface area contributed by atoms with Gasteiger partial charge in [-0.15, -0.1) is 0 Å². The van der Waals surface area contributed by atoms with Gasteiger partial charge in [-0.1, -0.05) is 23.2 Å². The minimum atomic E-state index is -4.12. The summed E-state index contributed by atoms with van der Waals surface area (Å²) in [6.45, 7) is 0. The number of phenolic OH excluding ortho intramolecular Hbond substituents is 1. The van der Waals surface area contributed by atoms with Gasteiger partial charge in [0.2, 0.25) is 0 Å². The number of carbonyl (C=O) groups is 1. The van der Waals surface area contributed by atoms with Crippen LogP contribution in [0.3, 0.4) is 0 Å². The summed E-state index contributed by atoms with van der Waals surface area (Å²) in [4.78, 5) is 10.6. The Balaban J connectivity index is 2.47. The van der Waals surface area contributed by atoms with Gasteiger partial charge in [-0.05, 0) is 36.4 Å². The molecule has 2 aromatic rings. The lowest BCUT2D eigenvalue weighted by Gasteiger charge is -2.11. The zero-order valence-corrected chi connectivity index (χ0v) is 13.1. The second kappa shape index (κ2) is 6.04. The third-order valence-corrected chi connectivity index (χ3v) is 4.82. The van der Waals surface area contributed by atoms with Gasteiger partial charge in [0.25, 0.3) is 10.0 Å². The zero-order chi connectivity index (χ0) is 16.5. The summed E-state index contributed by atoms with van der Waals surface area (Å²) < 4.78 is 26.8. The molecule has 0 unspecified atom stereocenters.